The average molecular weight is 314 g/mol. The molecule has 0 aliphatic rings. The zero-order chi connectivity index (χ0) is 16.8. The molecular formula is C18H18O5. The number of hydrogen-bond donors (Lipinski definition) is 1. The lowest BCUT2D eigenvalue weighted by Gasteiger charge is -2.14. The molecule has 0 fully saturated rings. The average Bonchev–Trinajstić information content (AvgIpc) is 2.52. The largest absolute Gasteiger partial charge is 0.489 e. The number of hydrogen-bond acceptors (Lipinski definition) is 4. The molecule has 0 aromatic heterocycles. The molecule has 0 aliphatic heterocycles. The quantitative estimate of drug-likeness (QED) is 0.794. The molecule has 2 aromatic rings. The maximum absolute atomic E-state index is 11.8. The van der Waals surface area contributed by atoms with Gasteiger partial charge in [0, 0.05) is 0 Å². The lowest BCUT2D eigenvalue weighted by atomic mass is 10.1. The van der Waals surface area contributed by atoms with E-state index in [1.54, 1.807) is 19.1 Å². The normalized spacial score (nSPS) is 10.2. The van der Waals surface area contributed by atoms with E-state index in [2.05, 4.69) is 0 Å². The number of carboxylic acids is 1. The van der Waals surface area contributed by atoms with Crippen molar-refractivity contribution in [1.29, 1.82) is 0 Å². The predicted octanol–water partition coefficient (Wildman–Crippen LogP) is 3.24. The number of aryl methyl sites for hydroxylation is 1. The molecule has 0 saturated heterocycles. The summed E-state index contributed by atoms with van der Waals surface area (Å²) in [5.41, 5.74) is 1.98. The number of benzene rings is 2. The molecule has 0 unspecified atom stereocenters. The highest BCUT2D eigenvalue weighted by molar-refractivity contribution is 5.97. The van der Waals surface area contributed by atoms with Crippen LogP contribution in [0.2, 0.25) is 0 Å². The van der Waals surface area contributed by atoms with Crippen molar-refractivity contribution in [3.63, 3.8) is 0 Å². The van der Waals surface area contributed by atoms with Crippen LogP contribution in [0, 0.1) is 6.92 Å². The van der Waals surface area contributed by atoms with Crippen molar-refractivity contribution in [2.45, 2.75) is 20.5 Å². The van der Waals surface area contributed by atoms with Crippen molar-refractivity contribution >= 4 is 11.8 Å². The first-order valence-corrected chi connectivity index (χ1v) is 7.14. The predicted molar refractivity (Wildman–Crippen MR) is 85.1 cm³/mol. The van der Waals surface area contributed by atoms with E-state index in [-0.39, 0.29) is 11.5 Å². The van der Waals surface area contributed by atoms with Gasteiger partial charge in [-0.3, -0.25) is 4.79 Å². The van der Waals surface area contributed by atoms with Gasteiger partial charge in [-0.25, -0.2) is 4.79 Å². The van der Waals surface area contributed by atoms with Crippen LogP contribution in [-0.2, 0) is 11.4 Å². The Hall–Kier alpha value is -2.82. The number of carboxylic acid groups (broad SMARTS) is 1. The molecule has 5 nitrogen and oxygen atoms in total. The van der Waals surface area contributed by atoms with Crippen molar-refractivity contribution in [3.8, 4) is 11.5 Å². The lowest BCUT2D eigenvalue weighted by Crippen LogP contribution is -2.12. The maximum Gasteiger partial charge on any atom is 0.341 e. The Labute approximate surface area is 134 Å². The van der Waals surface area contributed by atoms with Crippen molar-refractivity contribution in [1.82, 2.24) is 0 Å². The SMILES string of the molecule is CC(=O)c1cc(OCc2ccccc2)cc(C)c1OCC(=O)O. The minimum atomic E-state index is -1.09. The summed E-state index contributed by atoms with van der Waals surface area (Å²) in [5, 5.41) is 8.73. The Morgan fingerprint density at radius 1 is 1.09 bits per heavy atom. The molecule has 0 aliphatic carbocycles. The Kier molecular flexibility index (Phi) is 5.36. The summed E-state index contributed by atoms with van der Waals surface area (Å²) in [5.74, 6) is -0.479. The number of ketones is 1. The first-order chi connectivity index (χ1) is 11.0. The molecule has 2 rings (SSSR count). The third kappa shape index (κ3) is 4.57. The smallest absolute Gasteiger partial charge is 0.341 e. The van der Waals surface area contributed by atoms with Gasteiger partial charge in [-0.15, -0.1) is 0 Å². The van der Waals surface area contributed by atoms with Crippen LogP contribution < -0.4 is 9.47 Å². The molecule has 0 radical (unpaired) electrons. The van der Waals surface area contributed by atoms with E-state index in [9.17, 15) is 9.59 Å². The molecule has 120 valence electrons. The van der Waals surface area contributed by atoms with Gasteiger partial charge < -0.3 is 14.6 Å². The van der Waals surface area contributed by atoms with Gasteiger partial charge in [-0.2, -0.15) is 0 Å². The Morgan fingerprint density at radius 3 is 2.39 bits per heavy atom. The second kappa shape index (κ2) is 7.45. The number of Topliss-reactive ketones (excluding diaryl/α,β-unsaturated/α-hetero) is 1. The summed E-state index contributed by atoms with van der Waals surface area (Å²) < 4.78 is 11.0. The van der Waals surface area contributed by atoms with Gasteiger partial charge in [-0.05, 0) is 37.1 Å². The van der Waals surface area contributed by atoms with Crippen molar-refractivity contribution < 1.29 is 24.2 Å². The van der Waals surface area contributed by atoms with Gasteiger partial charge in [0.25, 0.3) is 0 Å². The second-order valence-corrected chi connectivity index (χ2v) is 5.13. The number of ether oxygens (including phenoxy) is 2. The van der Waals surface area contributed by atoms with E-state index in [1.165, 1.54) is 6.92 Å². The minimum Gasteiger partial charge on any atom is -0.489 e. The first-order valence-electron chi connectivity index (χ1n) is 7.14. The van der Waals surface area contributed by atoms with Crippen LogP contribution in [0.1, 0.15) is 28.4 Å². The van der Waals surface area contributed by atoms with Gasteiger partial charge in [0.05, 0.1) is 5.56 Å². The van der Waals surface area contributed by atoms with Gasteiger partial charge in [0.2, 0.25) is 0 Å². The van der Waals surface area contributed by atoms with Crippen LogP contribution in [-0.4, -0.2) is 23.5 Å². The summed E-state index contributed by atoms with van der Waals surface area (Å²) in [7, 11) is 0. The Morgan fingerprint density at radius 2 is 1.78 bits per heavy atom. The fourth-order valence-electron chi connectivity index (χ4n) is 2.15. The molecular weight excluding hydrogens is 296 g/mol. The van der Waals surface area contributed by atoms with Crippen LogP contribution in [0.25, 0.3) is 0 Å². The van der Waals surface area contributed by atoms with Crippen LogP contribution in [0.3, 0.4) is 0 Å². The fourth-order valence-corrected chi connectivity index (χ4v) is 2.15. The topological polar surface area (TPSA) is 72.8 Å². The highest BCUT2D eigenvalue weighted by Crippen LogP contribution is 2.30. The summed E-state index contributed by atoms with van der Waals surface area (Å²) >= 11 is 0. The van der Waals surface area contributed by atoms with Crippen LogP contribution in [0.4, 0.5) is 0 Å². The third-order valence-corrected chi connectivity index (χ3v) is 3.22. The van der Waals surface area contributed by atoms with Crippen molar-refractivity contribution in [3.05, 3.63) is 59.2 Å². The molecule has 5 heteroatoms. The second-order valence-electron chi connectivity index (χ2n) is 5.13. The standard InChI is InChI=1S/C18H18O5/c1-12-8-15(22-10-14-6-4-3-5-7-14)9-16(13(2)19)18(12)23-11-17(20)21/h3-9H,10-11H2,1-2H3,(H,20,21). The molecule has 0 bridgehead atoms. The molecule has 1 N–H and O–H groups in total. The van der Waals surface area contributed by atoms with Crippen molar-refractivity contribution in [2.24, 2.45) is 0 Å². The maximum atomic E-state index is 11.8. The van der Waals surface area contributed by atoms with E-state index < -0.39 is 12.6 Å². The lowest BCUT2D eigenvalue weighted by molar-refractivity contribution is -0.139. The molecule has 0 atom stereocenters. The number of aliphatic carboxylic acids is 1. The number of rotatable bonds is 7. The van der Waals surface area contributed by atoms with E-state index in [4.69, 9.17) is 14.6 Å². The summed E-state index contributed by atoms with van der Waals surface area (Å²) in [6, 6.07) is 13.0. The molecule has 0 saturated carbocycles. The highest BCUT2D eigenvalue weighted by Gasteiger charge is 2.15. The minimum absolute atomic E-state index is 0.210. The zero-order valence-corrected chi connectivity index (χ0v) is 13.0. The Bertz CT molecular complexity index is 707. The van der Waals surface area contributed by atoms with Crippen LogP contribution >= 0.6 is 0 Å². The monoisotopic (exact) mass is 314 g/mol. The van der Waals surface area contributed by atoms with E-state index >= 15 is 0 Å². The van der Waals surface area contributed by atoms with Crippen LogP contribution in [0.15, 0.2) is 42.5 Å². The molecule has 0 heterocycles. The summed E-state index contributed by atoms with van der Waals surface area (Å²) in [6.45, 7) is 3.04. The van der Waals surface area contributed by atoms with Gasteiger partial charge >= 0.3 is 5.97 Å². The first kappa shape index (κ1) is 16.5. The highest BCUT2D eigenvalue weighted by atomic mass is 16.5. The molecule has 0 amide bonds. The van der Waals surface area contributed by atoms with Crippen molar-refractivity contribution in [2.75, 3.05) is 6.61 Å². The third-order valence-electron chi connectivity index (χ3n) is 3.22. The summed E-state index contributed by atoms with van der Waals surface area (Å²) in [4.78, 5) is 22.5. The van der Waals surface area contributed by atoms with E-state index in [0.29, 0.717) is 23.5 Å². The number of carbonyl (C=O) groups is 2. The van der Waals surface area contributed by atoms with Gasteiger partial charge in [0.15, 0.2) is 12.4 Å². The van der Waals surface area contributed by atoms with E-state index in [0.717, 1.165) is 5.56 Å². The van der Waals surface area contributed by atoms with Gasteiger partial charge in [0.1, 0.15) is 18.1 Å². The zero-order valence-electron chi connectivity index (χ0n) is 13.0. The van der Waals surface area contributed by atoms with Crippen LogP contribution in [0.5, 0.6) is 11.5 Å². The molecule has 2 aromatic carbocycles. The van der Waals surface area contributed by atoms with Gasteiger partial charge in [-0.1, -0.05) is 30.3 Å². The molecule has 23 heavy (non-hydrogen) atoms. The summed E-state index contributed by atoms with van der Waals surface area (Å²) in [6.07, 6.45) is 0. The fraction of sp³-hybridized carbons (Fsp3) is 0.222. The number of carbonyl (C=O) groups excluding carboxylic acids is 1. The molecule has 0 spiro atoms. The van der Waals surface area contributed by atoms with E-state index in [1.807, 2.05) is 30.3 Å². The Balaban J connectivity index is 2.21.